The number of rotatable bonds is 4. The van der Waals surface area contributed by atoms with Crippen molar-refractivity contribution in [1.82, 2.24) is 0 Å². The molecule has 0 aliphatic heterocycles. The number of nitriles is 1. The molecular weight excluding hydrogens is 368 g/mol. The average Bonchev–Trinajstić information content (AvgIpc) is 2.50. The van der Waals surface area contributed by atoms with Crippen LogP contribution < -0.4 is 10.6 Å². The number of hydrogen-bond donors (Lipinski definition) is 2. The maximum atomic E-state index is 13.7. The van der Waals surface area contributed by atoms with E-state index >= 15 is 0 Å². The predicted octanol–water partition coefficient (Wildman–Crippen LogP) is 3.96. The zero-order valence-corrected chi connectivity index (χ0v) is 13.7. The summed E-state index contributed by atoms with van der Waals surface area (Å²) in [6, 6.07) is 8.73. The molecule has 118 valence electrons. The zero-order valence-electron chi connectivity index (χ0n) is 12.1. The van der Waals surface area contributed by atoms with Crippen LogP contribution >= 0.6 is 15.9 Å². The summed E-state index contributed by atoms with van der Waals surface area (Å²) < 4.78 is 28.3. The largest absolute Gasteiger partial charge is 0.371 e. The molecule has 0 fully saturated rings. The Morgan fingerprint density at radius 1 is 1.26 bits per heavy atom. The first-order valence-electron chi connectivity index (χ1n) is 6.59. The highest BCUT2D eigenvalue weighted by Crippen LogP contribution is 2.21. The van der Waals surface area contributed by atoms with Crippen molar-refractivity contribution in [2.75, 3.05) is 17.2 Å². The lowest BCUT2D eigenvalue weighted by Gasteiger charge is -2.10. The number of halogens is 3. The van der Waals surface area contributed by atoms with Gasteiger partial charge in [-0.3, -0.25) is 4.79 Å². The van der Waals surface area contributed by atoms with Crippen molar-refractivity contribution < 1.29 is 13.6 Å². The van der Waals surface area contributed by atoms with Crippen LogP contribution in [0.1, 0.15) is 11.1 Å². The molecule has 0 radical (unpaired) electrons. The fourth-order valence-corrected chi connectivity index (χ4v) is 2.15. The van der Waals surface area contributed by atoms with E-state index in [-0.39, 0.29) is 12.1 Å². The number of benzene rings is 2. The maximum Gasteiger partial charge on any atom is 0.243 e. The standard InChI is InChI=1S/C16H12BrF2N3O/c1-9-4-11(2-3-12(9)17)22-15(23)8-21-16-13(18)5-10(7-20)6-14(16)19/h2-6,21H,8H2,1H3,(H,22,23). The number of hydrogen-bond acceptors (Lipinski definition) is 3. The molecular formula is C16H12BrF2N3O. The Balaban J connectivity index is 2.02. The molecule has 2 rings (SSSR count). The molecule has 0 heterocycles. The van der Waals surface area contributed by atoms with Crippen LogP contribution in [0.5, 0.6) is 0 Å². The van der Waals surface area contributed by atoms with Crippen LogP contribution in [-0.4, -0.2) is 12.5 Å². The molecule has 0 atom stereocenters. The predicted molar refractivity (Wildman–Crippen MR) is 87.1 cm³/mol. The molecule has 0 saturated carbocycles. The Bertz CT molecular complexity index is 779. The number of nitrogens with zero attached hydrogens (tertiary/aromatic N) is 1. The average molecular weight is 380 g/mol. The van der Waals surface area contributed by atoms with Crippen LogP contribution in [0.4, 0.5) is 20.2 Å². The van der Waals surface area contributed by atoms with E-state index in [1.807, 2.05) is 6.92 Å². The fraction of sp³-hybridized carbons (Fsp3) is 0.125. The molecule has 0 spiro atoms. The number of carbonyl (C=O) groups is 1. The van der Waals surface area contributed by atoms with E-state index in [4.69, 9.17) is 5.26 Å². The van der Waals surface area contributed by atoms with Crippen molar-refractivity contribution in [3.8, 4) is 6.07 Å². The summed E-state index contributed by atoms with van der Waals surface area (Å²) in [6.45, 7) is 1.56. The van der Waals surface area contributed by atoms with Gasteiger partial charge in [0, 0.05) is 10.2 Å². The third kappa shape index (κ3) is 4.27. The van der Waals surface area contributed by atoms with Gasteiger partial charge in [-0.1, -0.05) is 15.9 Å². The molecule has 0 saturated heterocycles. The van der Waals surface area contributed by atoms with Crippen LogP contribution in [0.3, 0.4) is 0 Å². The fourth-order valence-electron chi connectivity index (χ4n) is 1.90. The molecule has 0 aliphatic carbocycles. The number of anilines is 2. The molecule has 0 aromatic heterocycles. The SMILES string of the molecule is Cc1cc(NC(=O)CNc2c(F)cc(C#N)cc2F)ccc1Br. The van der Waals surface area contributed by atoms with Crippen LogP contribution in [0, 0.1) is 29.9 Å². The lowest BCUT2D eigenvalue weighted by atomic mass is 10.2. The Hall–Kier alpha value is -2.46. The number of amides is 1. The molecule has 7 heteroatoms. The minimum Gasteiger partial charge on any atom is -0.371 e. The van der Waals surface area contributed by atoms with Gasteiger partial charge in [0.1, 0.15) is 5.69 Å². The Morgan fingerprint density at radius 3 is 2.48 bits per heavy atom. The summed E-state index contributed by atoms with van der Waals surface area (Å²) in [7, 11) is 0. The normalized spacial score (nSPS) is 10.0. The highest BCUT2D eigenvalue weighted by Gasteiger charge is 2.12. The van der Waals surface area contributed by atoms with Crippen molar-refractivity contribution in [1.29, 1.82) is 5.26 Å². The third-order valence-electron chi connectivity index (χ3n) is 3.04. The van der Waals surface area contributed by atoms with E-state index in [0.717, 1.165) is 22.2 Å². The van der Waals surface area contributed by atoms with E-state index in [0.29, 0.717) is 5.69 Å². The van der Waals surface area contributed by atoms with Gasteiger partial charge in [0.2, 0.25) is 5.91 Å². The van der Waals surface area contributed by atoms with Crippen molar-refractivity contribution >= 4 is 33.2 Å². The summed E-state index contributed by atoms with van der Waals surface area (Å²) in [4.78, 5) is 11.8. The number of carbonyl (C=O) groups excluding carboxylic acids is 1. The quantitative estimate of drug-likeness (QED) is 0.844. The van der Waals surface area contributed by atoms with Crippen LogP contribution in [0.25, 0.3) is 0 Å². The Labute approximate surface area is 140 Å². The van der Waals surface area contributed by atoms with Crippen molar-refractivity contribution in [3.05, 3.63) is 57.6 Å². The van der Waals surface area contributed by atoms with Gasteiger partial charge in [0.05, 0.1) is 18.2 Å². The first kappa shape index (κ1) is 16.9. The highest BCUT2D eigenvalue weighted by atomic mass is 79.9. The minimum atomic E-state index is -0.922. The van der Waals surface area contributed by atoms with Gasteiger partial charge in [-0.25, -0.2) is 8.78 Å². The summed E-state index contributed by atoms with van der Waals surface area (Å²) in [5.74, 6) is -2.29. The van der Waals surface area contributed by atoms with Gasteiger partial charge in [-0.2, -0.15) is 5.26 Å². The Kier molecular flexibility index (Phi) is 5.29. The van der Waals surface area contributed by atoms with Gasteiger partial charge in [-0.15, -0.1) is 0 Å². The Morgan fingerprint density at radius 2 is 1.91 bits per heavy atom. The smallest absolute Gasteiger partial charge is 0.243 e. The molecule has 0 unspecified atom stereocenters. The molecule has 1 amide bonds. The molecule has 2 aromatic rings. The second kappa shape index (κ2) is 7.20. The van der Waals surface area contributed by atoms with Gasteiger partial charge < -0.3 is 10.6 Å². The molecule has 0 bridgehead atoms. The molecule has 2 N–H and O–H groups in total. The summed E-state index contributed by atoms with van der Waals surface area (Å²) in [5, 5.41) is 13.7. The molecule has 2 aromatic carbocycles. The van der Waals surface area contributed by atoms with Crippen molar-refractivity contribution in [2.24, 2.45) is 0 Å². The van der Waals surface area contributed by atoms with Crippen molar-refractivity contribution in [3.63, 3.8) is 0 Å². The zero-order chi connectivity index (χ0) is 17.0. The van der Waals surface area contributed by atoms with E-state index in [2.05, 4.69) is 26.6 Å². The van der Waals surface area contributed by atoms with E-state index in [1.165, 1.54) is 0 Å². The molecule has 0 aliphatic rings. The van der Waals surface area contributed by atoms with Crippen LogP contribution in [0.15, 0.2) is 34.8 Å². The van der Waals surface area contributed by atoms with Gasteiger partial charge in [0.25, 0.3) is 0 Å². The first-order chi connectivity index (χ1) is 10.9. The summed E-state index contributed by atoms with van der Waals surface area (Å²) in [5.41, 5.74) is 0.963. The van der Waals surface area contributed by atoms with E-state index in [1.54, 1.807) is 24.3 Å². The molecule has 4 nitrogen and oxygen atoms in total. The third-order valence-corrected chi connectivity index (χ3v) is 3.93. The van der Waals surface area contributed by atoms with Crippen molar-refractivity contribution in [2.45, 2.75) is 6.92 Å². The first-order valence-corrected chi connectivity index (χ1v) is 7.39. The lowest BCUT2D eigenvalue weighted by Crippen LogP contribution is -2.22. The maximum absolute atomic E-state index is 13.7. The number of nitrogens with one attached hydrogen (secondary N) is 2. The van der Waals surface area contributed by atoms with Crippen LogP contribution in [-0.2, 0) is 4.79 Å². The molecule has 23 heavy (non-hydrogen) atoms. The van der Waals surface area contributed by atoms with Gasteiger partial charge in [-0.05, 0) is 42.8 Å². The summed E-state index contributed by atoms with van der Waals surface area (Å²) >= 11 is 3.35. The second-order valence-corrected chi connectivity index (χ2v) is 5.65. The number of aryl methyl sites for hydroxylation is 1. The lowest BCUT2D eigenvalue weighted by molar-refractivity contribution is -0.114. The topological polar surface area (TPSA) is 64.9 Å². The summed E-state index contributed by atoms with van der Waals surface area (Å²) in [6.07, 6.45) is 0. The van der Waals surface area contributed by atoms with E-state index in [9.17, 15) is 13.6 Å². The highest BCUT2D eigenvalue weighted by molar-refractivity contribution is 9.10. The minimum absolute atomic E-state index is 0.125. The van der Waals surface area contributed by atoms with Gasteiger partial charge in [0.15, 0.2) is 11.6 Å². The van der Waals surface area contributed by atoms with Crippen LogP contribution in [0.2, 0.25) is 0 Å². The second-order valence-electron chi connectivity index (χ2n) is 4.79. The van der Waals surface area contributed by atoms with E-state index < -0.39 is 23.2 Å². The van der Waals surface area contributed by atoms with Gasteiger partial charge >= 0.3 is 0 Å². The monoisotopic (exact) mass is 379 g/mol.